The van der Waals surface area contributed by atoms with E-state index in [2.05, 4.69) is 0 Å². The minimum absolute atomic E-state index is 0.153. The summed E-state index contributed by atoms with van der Waals surface area (Å²) in [6, 6.07) is 4.77. The zero-order valence-electron chi connectivity index (χ0n) is 13.5. The largest absolute Gasteiger partial charge is 0.495 e. The molecule has 0 N–H and O–H groups in total. The lowest BCUT2D eigenvalue weighted by Crippen LogP contribution is -2.42. The first-order chi connectivity index (χ1) is 9.55. The molecule has 0 spiro atoms. The van der Waals surface area contributed by atoms with E-state index in [9.17, 15) is 8.42 Å². The van der Waals surface area contributed by atoms with E-state index in [0.29, 0.717) is 11.6 Å². The van der Waals surface area contributed by atoms with Gasteiger partial charge in [-0.25, -0.2) is 8.42 Å². The molecule has 0 saturated carbocycles. The van der Waals surface area contributed by atoms with Crippen LogP contribution in [-0.2, 0) is 15.9 Å². The van der Waals surface area contributed by atoms with Crippen molar-refractivity contribution in [1.29, 1.82) is 0 Å². The Morgan fingerprint density at radius 2 is 1.90 bits per heavy atom. The molecule has 1 rings (SSSR count). The molecule has 1 aromatic carbocycles. The maximum absolute atomic E-state index is 12.8. The first kappa shape index (κ1) is 18.3. The fraction of sp³-hybridized carbons (Fsp3) is 0.600. The molecule has 4 nitrogen and oxygen atoms in total. The number of benzene rings is 1. The van der Waals surface area contributed by atoms with Gasteiger partial charge in [-0.05, 0) is 30.0 Å². The molecular weight excluding hydrogens is 310 g/mol. The van der Waals surface area contributed by atoms with Crippen LogP contribution in [0.3, 0.4) is 0 Å². The minimum atomic E-state index is -3.62. The molecule has 21 heavy (non-hydrogen) atoms. The van der Waals surface area contributed by atoms with Gasteiger partial charge in [0.2, 0.25) is 10.0 Å². The van der Waals surface area contributed by atoms with Gasteiger partial charge in [-0.1, -0.05) is 26.8 Å². The summed E-state index contributed by atoms with van der Waals surface area (Å²) in [5, 5.41) is 0. The van der Waals surface area contributed by atoms with Crippen LogP contribution < -0.4 is 4.74 Å². The van der Waals surface area contributed by atoms with E-state index in [-0.39, 0.29) is 16.4 Å². The summed E-state index contributed by atoms with van der Waals surface area (Å²) in [7, 11) is -0.569. The summed E-state index contributed by atoms with van der Waals surface area (Å²) in [4.78, 5) is 0.164. The number of ether oxygens (including phenoxy) is 1. The van der Waals surface area contributed by atoms with Crippen LogP contribution in [0, 0.1) is 5.41 Å². The number of rotatable bonds is 5. The van der Waals surface area contributed by atoms with Crippen LogP contribution in [0.25, 0.3) is 0 Å². The lowest BCUT2D eigenvalue weighted by molar-refractivity contribution is 0.216. The lowest BCUT2D eigenvalue weighted by Gasteiger charge is -2.34. The minimum Gasteiger partial charge on any atom is -0.495 e. The Balaban J connectivity index is 3.31. The number of nitrogens with zero attached hydrogens (tertiary/aromatic N) is 1. The fourth-order valence-corrected chi connectivity index (χ4v) is 3.76. The number of hydrogen-bond donors (Lipinski definition) is 0. The van der Waals surface area contributed by atoms with Gasteiger partial charge >= 0.3 is 0 Å². The topological polar surface area (TPSA) is 46.6 Å². The van der Waals surface area contributed by atoms with Crippen molar-refractivity contribution < 1.29 is 13.2 Å². The smallest absolute Gasteiger partial charge is 0.246 e. The van der Waals surface area contributed by atoms with Crippen molar-refractivity contribution in [2.24, 2.45) is 5.41 Å². The molecule has 0 aromatic heterocycles. The summed E-state index contributed by atoms with van der Waals surface area (Å²) in [6.07, 6.45) is 0. The highest BCUT2D eigenvalue weighted by molar-refractivity contribution is 7.89. The molecule has 120 valence electrons. The standard InChI is InChI=1S/C15H24ClNO3S/c1-11(15(2,3)4)17(5)21(18,19)14-8-7-12(10-16)9-13(14)20-6/h7-9,11H,10H2,1-6H3. The molecular formula is C15H24ClNO3S. The summed E-state index contributed by atoms with van der Waals surface area (Å²) in [6.45, 7) is 7.93. The second-order valence-corrected chi connectivity index (χ2v) is 8.42. The Morgan fingerprint density at radius 3 is 2.33 bits per heavy atom. The monoisotopic (exact) mass is 333 g/mol. The third-order valence-electron chi connectivity index (χ3n) is 3.84. The van der Waals surface area contributed by atoms with Gasteiger partial charge in [-0.15, -0.1) is 11.6 Å². The first-order valence-electron chi connectivity index (χ1n) is 6.76. The van der Waals surface area contributed by atoms with Gasteiger partial charge in [0, 0.05) is 19.0 Å². The van der Waals surface area contributed by atoms with Crippen molar-refractivity contribution in [1.82, 2.24) is 4.31 Å². The van der Waals surface area contributed by atoms with E-state index in [1.165, 1.54) is 11.4 Å². The molecule has 0 aliphatic rings. The maximum Gasteiger partial charge on any atom is 0.246 e. The second-order valence-electron chi connectivity index (χ2n) is 6.18. The summed E-state index contributed by atoms with van der Waals surface area (Å²) in [5.41, 5.74) is 0.657. The molecule has 1 aromatic rings. The first-order valence-corrected chi connectivity index (χ1v) is 8.74. The van der Waals surface area contributed by atoms with Gasteiger partial charge < -0.3 is 4.74 Å². The Bertz CT molecular complexity index is 593. The number of halogens is 1. The molecule has 6 heteroatoms. The van der Waals surface area contributed by atoms with Crippen molar-refractivity contribution in [3.63, 3.8) is 0 Å². The average Bonchev–Trinajstić information content (AvgIpc) is 2.43. The average molecular weight is 334 g/mol. The molecule has 0 saturated heterocycles. The normalized spacial score (nSPS) is 14.3. The SMILES string of the molecule is COc1cc(CCl)ccc1S(=O)(=O)N(C)C(C)C(C)(C)C. The fourth-order valence-electron chi connectivity index (χ4n) is 1.92. The van der Waals surface area contributed by atoms with E-state index >= 15 is 0 Å². The Hall–Kier alpha value is -0.780. The molecule has 1 unspecified atom stereocenters. The molecule has 0 bridgehead atoms. The molecule has 0 aliphatic carbocycles. The predicted molar refractivity (Wildman–Crippen MR) is 86.4 cm³/mol. The van der Waals surface area contributed by atoms with E-state index < -0.39 is 10.0 Å². The number of sulfonamides is 1. The zero-order valence-corrected chi connectivity index (χ0v) is 15.0. The third kappa shape index (κ3) is 3.90. The van der Waals surface area contributed by atoms with Gasteiger partial charge in [-0.3, -0.25) is 0 Å². The highest BCUT2D eigenvalue weighted by Gasteiger charge is 2.34. The van der Waals surface area contributed by atoms with Gasteiger partial charge in [0.1, 0.15) is 10.6 Å². The van der Waals surface area contributed by atoms with Crippen molar-refractivity contribution in [2.75, 3.05) is 14.2 Å². The number of methoxy groups -OCH3 is 1. The highest BCUT2D eigenvalue weighted by atomic mass is 35.5. The second kappa shape index (κ2) is 6.55. The maximum atomic E-state index is 12.8. The highest BCUT2D eigenvalue weighted by Crippen LogP contribution is 2.32. The Labute approximate surface area is 133 Å². The van der Waals surface area contributed by atoms with Crippen LogP contribution in [0.4, 0.5) is 0 Å². The van der Waals surface area contributed by atoms with Crippen LogP contribution in [0.5, 0.6) is 5.75 Å². The van der Waals surface area contributed by atoms with Crippen LogP contribution in [0.1, 0.15) is 33.3 Å². The summed E-state index contributed by atoms with van der Waals surface area (Å²) in [5.74, 6) is 0.631. The van der Waals surface area contributed by atoms with Crippen molar-refractivity contribution in [2.45, 2.75) is 44.5 Å². The van der Waals surface area contributed by atoms with E-state index in [1.54, 1.807) is 25.2 Å². The third-order valence-corrected chi connectivity index (χ3v) is 6.11. The summed E-state index contributed by atoms with van der Waals surface area (Å²) < 4.78 is 32.2. The molecule has 0 amide bonds. The summed E-state index contributed by atoms with van der Waals surface area (Å²) >= 11 is 5.78. The van der Waals surface area contributed by atoms with Crippen molar-refractivity contribution in [3.05, 3.63) is 23.8 Å². The van der Waals surface area contributed by atoms with Crippen molar-refractivity contribution >= 4 is 21.6 Å². The Morgan fingerprint density at radius 1 is 1.33 bits per heavy atom. The zero-order chi connectivity index (χ0) is 16.4. The Kier molecular flexibility index (Phi) is 5.69. The van der Waals surface area contributed by atoms with E-state index in [4.69, 9.17) is 16.3 Å². The molecule has 0 heterocycles. The predicted octanol–water partition coefficient (Wildman–Crippen LogP) is 3.49. The van der Waals surface area contributed by atoms with Crippen LogP contribution in [0.2, 0.25) is 0 Å². The molecule has 0 fully saturated rings. The number of hydrogen-bond acceptors (Lipinski definition) is 3. The quantitative estimate of drug-likeness (QED) is 0.775. The van der Waals surface area contributed by atoms with Gasteiger partial charge in [0.25, 0.3) is 0 Å². The van der Waals surface area contributed by atoms with Crippen LogP contribution in [-0.4, -0.2) is 32.9 Å². The lowest BCUT2D eigenvalue weighted by atomic mass is 9.88. The van der Waals surface area contributed by atoms with E-state index in [1.807, 2.05) is 27.7 Å². The van der Waals surface area contributed by atoms with Gasteiger partial charge in [-0.2, -0.15) is 4.31 Å². The van der Waals surface area contributed by atoms with Gasteiger partial charge in [0.15, 0.2) is 0 Å². The van der Waals surface area contributed by atoms with Crippen LogP contribution in [0.15, 0.2) is 23.1 Å². The molecule has 1 atom stereocenters. The van der Waals surface area contributed by atoms with E-state index in [0.717, 1.165) is 5.56 Å². The molecule has 0 aliphatic heterocycles. The van der Waals surface area contributed by atoms with Crippen molar-refractivity contribution in [3.8, 4) is 5.75 Å². The van der Waals surface area contributed by atoms with Gasteiger partial charge in [0.05, 0.1) is 7.11 Å². The number of alkyl halides is 1. The molecule has 0 radical (unpaired) electrons. The van der Waals surface area contributed by atoms with Crippen LogP contribution >= 0.6 is 11.6 Å².